The van der Waals surface area contributed by atoms with Gasteiger partial charge in [0.25, 0.3) is 0 Å². The normalized spacial score (nSPS) is 11.0. The average molecular weight is 411 g/mol. The van der Waals surface area contributed by atoms with Crippen LogP contribution in [0.2, 0.25) is 5.02 Å². The van der Waals surface area contributed by atoms with E-state index in [9.17, 15) is 8.78 Å². The number of nitrogens with two attached hydrogens (primary N) is 1. The molecule has 27 heavy (non-hydrogen) atoms. The van der Waals surface area contributed by atoms with Crippen LogP contribution in [0, 0.1) is 18.6 Å². The standard InChI is InChI=1S/C18H13ClF2N4O.ClH/c1-9-23-18(24-26-9)17-16(19)13-6-11(20)3-5-15(13)25(17)12-4-2-10(8-22)14(21)7-12;/h2-7H,8,22H2,1H3;1H. The van der Waals surface area contributed by atoms with Crippen molar-refractivity contribution in [2.24, 2.45) is 5.73 Å². The van der Waals surface area contributed by atoms with Crippen molar-refractivity contribution in [1.29, 1.82) is 0 Å². The fourth-order valence-corrected chi connectivity index (χ4v) is 3.25. The third-order valence-corrected chi connectivity index (χ3v) is 4.50. The number of nitrogens with zero attached hydrogens (tertiary/aromatic N) is 3. The molecule has 2 aromatic carbocycles. The van der Waals surface area contributed by atoms with E-state index in [4.69, 9.17) is 21.9 Å². The van der Waals surface area contributed by atoms with Gasteiger partial charge in [0, 0.05) is 30.1 Å². The Labute approximate surface area is 164 Å². The molecule has 0 spiro atoms. The Kier molecular flexibility index (Phi) is 5.19. The van der Waals surface area contributed by atoms with Gasteiger partial charge in [-0.15, -0.1) is 12.4 Å². The van der Waals surface area contributed by atoms with Gasteiger partial charge in [-0.1, -0.05) is 22.8 Å². The minimum absolute atomic E-state index is 0. The summed E-state index contributed by atoms with van der Waals surface area (Å²) in [5.41, 5.74) is 7.39. The third kappa shape index (κ3) is 3.18. The van der Waals surface area contributed by atoms with Crippen molar-refractivity contribution in [1.82, 2.24) is 14.7 Å². The van der Waals surface area contributed by atoms with Crippen LogP contribution in [0.25, 0.3) is 28.1 Å². The van der Waals surface area contributed by atoms with Gasteiger partial charge in [0.05, 0.1) is 10.5 Å². The summed E-state index contributed by atoms with van der Waals surface area (Å²) in [7, 11) is 0. The summed E-state index contributed by atoms with van der Waals surface area (Å²) >= 11 is 6.50. The first kappa shape index (κ1) is 19.3. The fraction of sp³-hybridized carbons (Fsp3) is 0.111. The van der Waals surface area contributed by atoms with Crippen molar-refractivity contribution in [3.8, 4) is 17.2 Å². The van der Waals surface area contributed by atoms with E-state index >= 15 is 0 Å². The monoisotopic (exact) mass is 410 g/mol. The minimum Gasteiger partial charge on any atom is -0.339 e. The highest BCUT2D eigenvalue weighted by molar-refractivity contribution is 6.38. The second kappa shape index (κ2) is 7.26. The molecule has 0 aliphatic heterocycles. The smallest absolute Gasteiger partial charge is 0.223 e. The van der Waals surface area contributed by atoms with Crippen LogP contribution in [0.4, 0.5) is 8.78 Å². The van der Waals surface area contributed by atoms with Crippen molar-refractivity contribution in [2.45, 2.75) is 13.5 Å². The molecule has 2 aromatic heterocycles. The van der Waals surface area contributed by atoms with Crippen molar-refractivity contribution in [3.05, 3.63) is 64.5 Å². The molecule has 4 aromatic rings. The maximum absolute atomic E-state index is 14.3. The van der Waals surface area contributed by atoms with Crippen molar-refractivity contribution in [3.63, 3.8) is 0 Å². The van der Waals surface area contributed by atoms with Gasteiger partial charge in [0.15, 0.2) is 0 Å². The number of aryl methyl sites for hydroxylation is 1. The quantitative estimate of drug-likeness (QED) is 0.526. The molecule has 0 fully saturated rings. The first-order chi connectivity index (χ1) is 12.5. The molecular weight excluding hydrogens is 397 g/mol. The summed E-state index contributed by atoms with van der Waals surface area (Å²) in [6.07, 6.45) is 0. The van der Waals surface area contributed by atoms with Crippen LogP contribution < -0.4 is 5.73 Å². The Hall–Kier alpha value is -2.48. The van der Waals surface area contributed by atoms with E-state index in [-0.39, 0.29) is 29.8 Å². The summed E-state index contributed by atoms with van der Waals surface area (Å²) in [6, 6.07) is 8.85. The molecule has 0 unspecified atom stereocenters. The highest BCUT2D eigenvalue weighted by Crippen LogP contribution is 2.39. The number of aromatic nitrogens is 3. The maximum atomic E-state index is 14.3. The molecule has 0 amide bonds. The van der Waals surface area contributed by atoms with Gasteiger partial charge in [0.1, 0.15) is 17.3 Å². The van der Waals surface area contributed by atoms with E-state index in [2.05, 4.69) is 10.1 Å². The summed E-state index contributed by atoms with van der Waals surface area (Å²) < 4.78 is 34.8. The van der Waals surface area contributed by atoms with Crippen LogP contribution in [-0.4, -0.2) is 14.7 Å². The molecule has 5 nitrogen and oxygen atoms in total. The zero-order valence-electron chi connectivity index (χ0n) is 14.0. The molecule has 0 bridgehead atoms. The molecular formula is C18H14Cl2F2N4O. The zero-order chi connectivity index (χ0) is 18.4. The lowest BCUT2D eigenvalue weighted by Gasteiger charge is -2.10. The van der Waals surface area contributed by atoms with Gasteiger partial charge in [-0.05, 0) is 30.3 Å². The summed E-state index contributed by atoms with van der Waals surface area (Å²) in [5, 5.41) is 4.63. The number of benzene rings is 2. The second-order valence-electron chi connectivity index (χ2n) is 5.78. The molecule has 9 heteroatoms. The average Bonchev–Trinajstić information content (AvgIpc) is 3.16. The lowest BCUT2D eigenvalue weighted by Crippen LogP contribution is -2.03. The number of hydrogen-bond acceptors (Lipinski definition) is 4. The van der Waals surface area contributed by atoms with Crippen molar-refractivity contribution in [2.75, 3.05) is 0 Å². The first-order valence-corrected chi connectivity index (χ1v) is 8.16. The highest BCUT2D eigenvalue weighted by Gasteiger charge is 2.23. The second-order valence-corrected chi connectivity index (χ2v) is 6.15. The molecule has 4 rings (SSSR count). The minimum atomic E-state index is -0.444. The molecule has 2 N–H and O–H groups in total. The predicted molar refractivity (Wildman–Crippen MR) is 101 cm³/mol. The highest BCUT2D eigenvalue weighted by atomic mass is 35.5. The summed E-state index contributed by atoms with van der Waals surface area (Å²) in [5.74, 6) is -0.298. The van der Waals surface area contributed by atoms with Gasteiger partial charge in [-0.2, -0.15) is 4.98 Å². The van der Waals surface area contributed by atoms with Crippen molar-refractivity contribution < 1.29 is 13.3 Å². The van der Waals surface area contributed by atoms with Crippen LogP contribution in [0.3, 0.4) is 0 Å². The molecule has 0 atom stereocenters. The molecule has 0 aliphatic rings. The van der Waals surface area contributed by atoms with E-state index in [1.54, 1.807) is 29.7 Å². The van der Waals surface area contributed by atoms with Gasteiger partial charge in [-0.3, -0.25) is 0 Å². The van der Waals surface area contributed by atoms with E-state index in [0.29, 0.717) is 33.7 Å². The third-order valence-electron chi connectivity index (χ3n) is 4.12. The molecule has 0 saturated carbocycles. The number of rotatable bonds is 3. The zero-order valence-corrected chi connectivity index (χ0v) is 15.6. The first-order valence-electron chi connectivity index (χ1n) is 7.78. The fourth-order valence-electron chi connectivity index (χ4n) is 2.93. The Morgan fingerprint density at radius 1 is 1.19 bits per heavy atom. The lowest BCUT2D eigenvalue weighted by molar-refractivity contribution is 0.394. The van der Waals surface area contributed by atoms with Crippen LogP contribution in [0.15, 0.2) is 40.9 Å². The van der Waals surface area contributed by atoms with Crippen LogP contribution in [-0.2, 0) is 6.54 Å². The van der Waals surface area contributed by atoms with E-state index in [0.717, 1.165) is 0 Å². The van der Waals surface area contributed by atoms with Crippen LogP contribution in [0.1, 0.15) is 11.5 Å². The van der Waals surface area contributed by atoms with E-state index in [1.165, 1.54) is 18.2 Å². The summed E-state index contributed by atoms with van der Waals surface area (Å²) in [4.78, 5) is 4.21. The van der Waals surface area contributed by atoms with E-state index in [1.807, 2.05) is 0 Å². The van der Waals surface area contributed by atoms with Gasteiger partial charge in [0.2, 0.25) is 11.7 Å². The Bertz CT molecular complexity index is 1140. The van der Waals surface area contributed by atoms with Gasteiger partial charge < -0.3 is 14.8 Å². The lowest BCUT2D eigenvalue weighted by atomic mass is 10.2. The number of hydrogen-bond donors (Lipinski definition) is 1. The van der Waals surface area contributed by atoms with E-state index < -0.39 is 11.6 Å². The Morgan fingerprint density at radius 3 is 2.59 bits per heavy atom. The summed E-state index contributed by atoms with van der Waals surface area (Å²) in [6.45, 7) is 1.73. The Morgan fingerprint density at radius 2 is 1.96 bits per heavy atom. The molecule has 140 valence electrons. The molecule has 0 saturated heterocycles. The van der Waals surface area contributed by atoms with Crippen LogP contribution >= 0.6 is 24.0 Å². The van der Waals surface area contributed by atoms with Crippen molar-refractivity contribution >= 4 is 34.9 Å². The molecule has 2 heterocycles. The largest absolute Gasteiger partial charge is 0.339 e. The SMILES string of the molecule is Cc1nc(-c2c(Cl)c3cc(F)ccc3n2-c2ccc(CN)c(F)c2)no1.Cl. The predicted octanol–water partition coefficient (Wildman–Crippen LogP) is 4.80. The van der Waals surface area contributed by atoms with Gasteiger partial charge in [-0.25, -0.2) is 8.78 Å². The number of halogens is 4. The molecule has 0 radical (unpaired) electrons. The van der Waals surface area contributed by atoms with Crippen LogP contribution in [0.5, 0.6) is 0 Å². The Balaban J connectivity index is 0.00000210. The molecule has 0 aliphatic carbocycles. The van der Waals surface area contributed by atoms with Gasteiger partial charge >= 0.3 is 0 Å². The maximum Gasteiger partial charge on any atom is 0.223 e. The number of fused-ring (bicyclic) bond motifs is 1. The topological polar surface area (TPSA) is 69.9 Å².